The lowest BCUT2D eigenvalue weighted by molar-refractivity contribution is 0.0708. The normalized spacial score (nSPS) is 24.3. The van der Waals surface area contributed by atoms with Crippen LogP contribution in [0.15, 0.2) is 29.2 Å². The molecule has 0 radical (unpaired) electrons. The van der Waals surface area contributed by atoms with Crippen molar-refractivity contribution in [3.8, 4) is 0 Å². The zero-order valence-corrected chi connectivity index (χ0v) is 15.7. The van der Waals surface area contributed by atoms with Crippen LogP contribution < -0.4 is 0 Å². The molecular weight excluding hydrogens is 310 g/mol. The van der Waals surface area contributed by atoms with E-state index in [9.17, 15) is 8.42 Å². The number of benzene rings is 1. The fourth-order valence-electron chi connectivity index (χ4n) is 3.12. The maximum absolute atomic E-state index is 12.9. The van der Waals surface area contributed by atoms with E-state index in [2.05, 4.69) is 37.7 Å². The number of piperazine rings is 1. The maximum atomic E-state index is 12.9. The monoisotopic (exact) mass is 339 g/mol. The second-order valence-corrected chi connectivity index (χ2v) is 8.81. The topological polar surface area (TPSA) is 43.9 Å². The Hall–Kier alpha value is -0.950. The minimum Gasteiger partial charge on any atom is -0.308 e. The van der Waals surface area contributed by atoms with E-state index in [1.807, 2.05) is 19.1 Å². The van der Waals surface area contributed by atoms with Crippen LogP contribution in [0.25, 0.3) is 0 Å². The van der Waals surface area contributed by atoms with E-state index in [0.717, 1.165) is 18.7 Å². The molecule has 0 spiro atoms. The molecule has 2 atom stereocenters. The molecule has 0 aliphatic carbocycles. The fourth-order valence-corrected chi connectivity index (χ4v) is 4.72. The quantitative estimate of drug-likeness (QED) is 0.818. The van der Waals surface area contributed by atoms with Gasteiger partial charge in [0.2, 0.25) is 10.0 Å². The summed E-state index contributed by atoms with van der Waals surface area (Å²) in [5.41, 5.74) is 1.07. The second-order valence-electron chi connectivity index (χ2n) is 6.87. The molecule has 0 bridgehead atoms. The highest BCUT2D eigenvalue weighted by Gasteiger charge is 2.35. The Kier molecular flexibility index (Phi) is 5.84. The van der Waals surface area contributed by atoms with E-state index < -0.39 is 10.0 Å². The third kappa shape index (κ3) is 4.32. The largest absolute Gasteiger partial charge is 0.308 e. The first-order chi connectivity index (χ1) is 10.7. The number of hydrogen-bond donors (Lipinski definition) is 0. The van der Waals surface area contributed by atoms with Gasteiger partial charge < -0.3 is 4.90 Å². The third-order valence-corrected chi connectivity index (χ3v) is 6.38. The molecule has 130 valence electrons. The summed E-state index contributed by atoms with van der Waals surface area (Å²) < 4.78 is 27.4. The summed E-state index contributed by atoms with van der Waals surface area (Å²) in [6, 6.07) is 7.56. The Morgan fingerprint density at radius 3 is 2.09 bits per heavy atom. The summed E-state index contributed by atoms with van der Waals surface area (Å²) in [6.45, 7) is 9.24. The number of hydrogen-bond acceptors (Lipinski definition) is 4. The van der Waals surface area contributed by atoms with Gasteiger partial charge >= 0.3 is 0 Å². The second kappa shape index (κ2) is 7.30. The van der Waals surface area contributed by atoms with Crippen LogP contribution >= 0.6 is 0 Å². The molecule has 1 aliphatic rings. The SMILES string of the molecule is Cc1ccc(S(=O)(=O)N2C[C@H](C)N(CCN(C)C)[C@@H](C)C2)cc1. The number of rotatable bonds is 5. The molecule has 2 rings (SSSR count). The molecule has 0 amide bonds. The highest BCUT2D eigenvalue weighted by atomic mass is 32.2. The summed E-state index contributed by atoms with van der Waals surface area (Å²) in [6.07, 6.45) is 0. The lowest BCUT2D eigenvalue weighted by Crippen LogP contribution is -2.58. The van der Waals surface area contributed by atoms with Gasteiger partial charge in [0.05, 0.1) is 4.90 Å². The van der Waals surface area contributed by atoms with E-state index in [0.29, 0.717) is 18.0 Å². The van der Waals surface area contributed by atoms with Crippen molar-refractivity contribution >= 4 is 10.0 Å². The molecule has 23 heavy (non-hydrogen) atoms. The van der Waals surface area contributed by atoms with Gasteiger partial charge in [-0.05, 0) is 47.0 Å². The van der Waals surface area contributed by atoms with Gasteiger partial charge in [0, 0.05) is 38.3 Å². The van der Waals surface area contributed by atoms with Crippen LogP contribution in [-0.4, -0.2) is 74.9 Å². The molecule has 0 unspecified atom stereocenters. The van der Waals surface area contributed by atoms with Crippen molar-refractivity contribution in [1.29, 1.82) is 0 Å². The Labute approximate surface area is 140 Å². The third-order valence-electron chi connectivity index (χ3n) is 4.53. The minimum atomic E-state index is -3.40. The molecular formula is C17H29N3O2S. The van der Waals surface area contributed by atoms with Gasteiger partial charge in [-0.3, -0.25) is 4.90 Å². The van der Waals surface area contributed by atoms with Gasteiger partial charge in [-0.25, -0.2) is 8.42 Å². The molecule has 5 nitrogen and oxygen atoms in total. The van der Waals surface area contributed by atoms with Gasteiger partial charge in [0.1, 0.15) is 0 Å². The molecule has 0 aromatic heterocycles. The van der Waals surface area contributed by atoms with E-state index in [-0.39, 0.29) is 12.1 Å². The van der Waals surface area contributed by atoms with Gasteiger partial charge in [-0.2, -0.15) is 4.31 Å². The molecule has 0 saturated carbocycles. The van der Waals surface area contributed by atoms with Crippen LogP contribution in [0.1, 0.15) is 19.4 Å². The molecule has 0 N–H and O–H groups in total. The van der Waals surface area contributed by atoms with Gasteiger partial charge in [-0.1, -0.05) is 17.7 Å². The van der Waals surface area contributed by atoms with Gasteiger partial charge in [0.25, 0.3) is 0 Å². The molecule has 1 aromatic rings. The minimum absolute atomic E-state index is 0.221. The van der Waals surface area contributed by atoms with Gasteiger partial charge in [0.15, 0.2) is 0 Å². The van der Waals surface area contributed by atoms with Crippen LogP contribution in [-0.2, 0) is 10.0 Å². The predicted octanol–water partition coefficient (Wildman–Crippen LogP) is 1.64. The molecule has 1 aromatic carbocycles. The van der Waals surface area contributed by atoms with Crippen molar-refractivity contribution in [1.82, 2.24) is 14.1 Å². The highest BCUT2D eigenvalue weighted by Crippen LogP contribution is 2.23. The highest BCUT2D eigenvalue weighted by molar-refractivity contribution is 7.89. The van der Waals surface area contributed by atoms with Crippen LogP contribution in [0.3, 0.4) is 0 Å². The van der Waals surface area contributed by atoms with Crippen molar-refractivity contribution in [2.75, 3.05) is 40.3 Å². The van der Waals surface area contributed by atoms with Crippen molar-refractivity contribution < 1.29 is 8.42 Å². The average molecular weight is 340 g/mol. The molecule has 1 saturated heterocycles. The first kappa shape index (κ1) is 18.4. The zero-order chi connectivity index (χ0) is 17.2. The number of aryl methyl sites for hydroxylation is 1. The van der Waals surface area contributed by atoms with E-state index in [4.69, 9.17) is 0 Å². The van der Waals surface area contributed by atoms with Crippen LogP contribution in [0.2, 0.25) is 0 Å². The standard InChI is InChI=1S/C17H29N3O2S/c1-14-6-8-17(9-7-14)23(21,22)19-12-15(2)20(16(3)13-19)11-10-18(4)5/h6-9,15-16H,10-13H2,1-5H3/t15-,16-/m0/s1. The summed E-state index contributed by atoms with van der Waals surface area (Å²) in [5, 5.41) is 0. The molecule has 1 fully saturated rings. The Morgan fingerprint density at radius 2 is 1.61 bits per heavy atom. The Morgan fingerprint density at radius 1 is 1.09 bits per heavy atom. The zero-order valence-electron chi connectivity index (χ0n) is 14.9. The smallest absolute Gasteiger partial charge is 0.243 e. The first-order valence-corrected chi connectivity index (χ1v) is 9.63. The summed E-state index contributed by atoms with van der Waals surface area (Å²) >= 11 is 0. The van der Waals surface area contributed by atoms with Crippen LogP contribution in [0, 0.1) is 6.92 Å². The van der Waals surface area contributed by atoms with Crippen molar-refractivity contribution in [3.63, 3.8) is 0 Å². The first-order valence-electron chi connectivity index (χ1n) is 8.19. The number of likely N-dealkylation sites (N-methyl/N-ethyl adjacent to an activating group) is 1. The maximum Gasteiger partial charge on any atom is 0.243 e. The molecule has 1 heterocycles. The van der Waals surface area contributed by atoms with E-state index in [1.54, 1.807) is 16.4 Å². The summed E-state index contributed by atoms with van der Waals surface area (Å²) in [4.78, 5) is 4.96. The average Bonchev–Trinajstić information content (AvgIpc) is 2.46. The molecule has 6 heteroatoms. The summed E-state index contributed by atoms with van der Waals surface area (Å²) in [5.74, 6) is 0. The van der Waals surface area contributed by atoms with Gasteiger partial charge in [-0.15, -0.1) is 0 Å². The predicted molar refractivity (Wildman–Crippen MR) is 94.1 cm³/mol. The van der Waals surface area contributed by atoms with Crippen LogP contribution in [0.5, 0.6) is 0 Å². The Balaban J connectivity index is 2.12. The number of nitrogens with zero attached hydrogens (tertiary/aromatic N) is 3. The summed E-state index contributed by atoms with van der Waals surface area (Å²) in [7, 11) is 0.723. The Bertz CT molecular complexity index is 601. The van der Waals surface area contributed by atoms with Crippen molar-refractivity contribution in [3.05, 3.63) is 29.8 Å². The van der Waals surface area contributed by atoms with E-state index in [1.165, 1.54) is 0 Å². The van der Waals surface area contributed by atoms with Crippen LogP contribution in [0.4, 0.5) is 0 Å². The fraction of sp³-hybridized carbons (Fsp3) is 0.647. The van der Waals surface area contributed by atoms with E-state index >= 15 is 0 Å². The van der Waals surface area contributed by atoms with Crippen molar-refractivity contribution in [2.24, 2.45) is 0 Å². The van der Waals surface area contributed by atoms with Crippen molar-refractivity contribution in [2.45, 2.75) is 37.8 Å². The lowest BCUT2D eigenvalue weighted by atomic mass is 10.1. The molecule has 1 aliphatic heterocycles. The lowest BCUT2D eigenvalue weighted by Gasteiger charge is -2.44. The number of sulfonamides is 1.